The lowest BCUT2D eigenvalue weighted by atomic mass is 10.0. The minimum absolute atomic E-state index is 0.00109. The van der Waals surface area contributed by atoms with Crippen molar-refractivity contribution in [3.05, 3.63) is 100 Å². The molecule has 3 aromatic carbocycles. The standard InChI is InChI=1S/C26H17ClF3N5OS/c1-15(16-8-10-20(27)11-9-16)32-33-24(36)21-14-37-25(31-21)35-22(13-23(34-35)26(28,29)30)19-7-6-17-4-2-3-5-18(17)12-19/h2-14H,1H3,(H,33,36)/b32-15-. The molecule has 1 N–H and O–H groups in total. The molecule has 0 aliphatic rings. The molecule has 0 atom stereocenters. The number of amides is 1. The van der Waals surface area contributed by atoms with E-state index in [1.165, 1.54) is 5.38 Å². The number of fused-ring (bicyclic) bond motifs is 1. The lowest BCUT2D eigenvalue weighted by Gasteiger charge is -2.06. The lowest BCUT2D eigenvalue weighted by Crippen LogP contribution is -2.20. The van der Waals surface area contributed by atoms with Crippen molar-refractivity contribution < 1.29 is 18.0 Å². The van der Waals surface area contributed by atoms with Crippen LogP contribution in [0.25, 0.3) is 27.2 Å². The third kappa shape index (κ3) is 5.25. The van der Waals surface area contributed by atoms with Crippen molar-refractivity contribution in [2.75, 3.05) is 0 Å². The van der Waals surface area contributed by atoms with Crippen molar-refractivity contribution in [3.63, 3.8) is 0 Å². The molecule has 6 nitrogen and oxygen atoms in total. The second-order valence-corrected chi connectivity index (χ2v) is 9.32. The van der Waals surface area contributed by atoms with Gasteiger partial charge in [-0.05, 0) is 47.5 Å². The number of alkyl halides is 3. The minimum atomic E-state index is -4.65. The Morgan fingerprint density at radius 1 is 1.03 bits per heavy atom. The molecule has 2 heterocycles. The summed E-state index contributed by atoms with van der Waals surface area (Å²) in [7, 11) is 0. The van der Waals surface area contributed by atoms with E-state index < -0.39 is 17.8 Å². The Kier molecular flexibility index (Phi) is 6.53. The van der Waals surface area contributed by atoms with Crippen molar-refractivity contribution in [2.24, 2.45) is 5.10 Å². The Bertz CT molecular complexity index is 1640. The van der Waals surface area contributed by atoms with Gasteiger partial charge in [0.25, 0.3) is 5.91 Å². The number of nitrogens with zero attached hydrogens (tertiary/aromatic N) is 4. The maximum atomic E-state index is 13.6. The number of hydrazone groups is 1. The zero-order chi connectivity index (χ0) is 26.2. The van der Waals surface area contributed by atoms with Gasteiger partial charge >= 0.3 is 6.18 Å². The summed E-state index contributed by atoms with van der Waals surface area (Å²) in [5.74, 6) is -0.605. The van der Waals surface area contributed by atoms with E-state index in [0.29, 0.717) is 16.3 Å². The van der Waals surface area contributed by atoms with E-state index in [1.807, 2.05) is 30.3 Å². The number of hydrogen-bond donors (Lipinski definition) is 1. The van der Waals surface area contributed by atoms with Crippen molar-refractivity contribution in [1.82, 2.24) is 20.2 Å². The molecule has 0 bridgehead atoms. The number of benzene rings is 3. The van der Waals surface area contributed by atoms with E-state index in [1.54, 1.807) is 43.3 Å². The molecule has 0 unspecified atom stereocenters. The number of carbonyl (C=O) groups excluding carboxylic acids is 1. The number of rotatable bonds is 5. The molecular weight excluding hydrogens is 523 g/mol. The van der Waals surface area contributed by atoms with Crippen LogP contribution in [0.15, 0.2) is 83.3 Å². The Morgan fingerprint density at radius 3 is 2.49 bits per heavy atom. The second kappa shape index (κ2) is 9.79. The molecule has 5 rings (SSSR count). The summed E-state index contributed by atoms with van der Waals surface area (Å²) >= 11 is 6.89. The first-order valence-electron chi connectivity index (χ1n) is 10.9. The van der Waals surface area contributed by atoms with E-state index >= 15 is 0 Å². The van der Waals surface area contributed by atoms with Gasteiger partial charge in [-0.3, -0.25) is 4.79 Å². The molecule has 186 valence electrons. The van der Waals surface area contributed by atoms with Gasteiger partial charge in [0, 0.05) is 16.0 Å². The Morgan fingerprint density at radius 2 is 1.76 bits per heavy atom. The Hall–Kier alpha value is -4.02. The van der Waals surface area contributed by atoms with Gasteiger partial charge in [0.15, 0.2) is 5.69 Å². The molecule has 11 heteroatoms. The van der Waals surface area contributed by atoms with Gasteiger partial charge in [0.2, 0.25) is 5.13 Å². The van der Waals surface area contributed by atoms with Crippen LogP contribution >= 0.6 is 22.9 Å². The topological polar surface area (TPSA) is 72.2 Å². The summed E-state index contributed by atoms with van der Waals surface area (Å²) in [6.45, 7) is 1.72. The quantitative estimate of drug-likeness (QED) is 0.193. The van der Waals surface area contributed by atoms with E-state index in [0.717, 1.165) is 38.4 Å². The fraction of sp³-hybridized carbons (Fsp3) is 0.0769. The predicted octanol–water partition coefficient (Wildman–Crippen LogP) is 6.98. The summed E-state index contributed by atoms with van der Waals surface area (Å²) in [5, 5.41) is 11.8. The van der Waals surface area contributed by atoms with Gasteiger partial charge in [-0.15, -0.1) is 11.3 Å². The zero-order valence-corrected chi connectivity index (χ0v) is 20.7. The molecule has 1 amide bonds. The summed E-state index contributed by atoms with van der Waals surface area (Å²) < 4.78 is 41.8. The highest BCUT2D eigenvalue weighted by Crippen LogP contribution is 2.34. The van der Waals surface area contributed by atoms with Crippen LogP contribution in [-0.2, 0) is 6.18 Å². The van der Waals surface area contributed by atoms with Crippen LogP contribution in [0.1, 0.15) is 28.7 Å². The maximum absolute atomic E-state index is 13.6. The monoisotopic (exact) mass is 539 g/mol. The van der Waals surface area contributed by atoms with Gasteiger partial charge in [0.1, 0.15) is 5.69 Å². The molecule has 0 spiro atoms. The average Bonchev–Trinajstić information content (AvgIpc) is 3.55. The van der Waals surface area contributed by atoms with Crippen molar-refractivity contribution in [2.45, 2.75) is 13.1 Å². The van der Waals surface area contributed by atoms with Gasteiger partial charge in [-0.2, -0.15) is 23.4 Å². The number of hydrogen-bond acceptors (Lipinski definition) is 5. The summed E-state index contributed by atoms with van der Waals surface area (Å²) in [5.41, 5.74) is 3.41. The molecule has 2 aromatic heterocycles. The Balaban J connectivity index is 1.46. The van der Waals surface area contributed by atoms with Gasteiger partial charge in [-0.25, -0.2) is 15.1 Å². The van der Waals surface area contributed by atoms with Crippen LogP contribution < -0.4 is 5.43 Å². The summed E-state index contributed by atoms with van der Waals surface area (Å²) in [6, 6.07) is 20.8. The van der Waals surface area contributed by atoms with Crippen molar-refractivity contribution in [1.29, 1.82) is 0 Å². The third-order valence-electron chi connectivity index (χ3n) is 5.54. The van der Waals surface area contributed by atoms with E-state index in [4.69, 9.17) is 11.6 Å². The summed E-state index contributed by atoms with van der Waals surface area (Å²) in [6.07, 6.45) is -4.65. The van der Waals surface area contributed by atoms with Gasteiger partial charge in [-0.1, -0.05) is 60.1 Å². The first kappa shape index (κ1) is 24.7. The number of carbonyl (C=O) groups is 1. The molecule has 0 aliphatic carbocycles. The highest BCUT2D eigenvalue weighted by Gasteiger charge is 2.35. The molecule has 0 fully saturated rings. The van der Waals surface area contributed by atoms with E-state index in [9.17, 15) is 18.0 Å². The van der Waals surface area contributed by atoms with Crippen LogP contribution in [0.3, 0.4) is 0 Å². The fourth-order valence-electron chi connectivity index (χ4n) is 3.63. The maximum Gasteiger partial charge on any atom is 0.435 e. The summed E-state index contributed by atoms with van der Waals surface area (Å²) in [4.78, 5) is 16.9. The van der Waals surface area contributed by atoms with E-state index in [-0.39, 0.29) is 16.5 Å². The molecule has 0 saturated carbocycles. The highest BCUT2D eigenvalue weighted by atomic mass is 35.5. The first-order chi connectivity index (χ1) is 17.7. The number of thiazole rings is 1. The molecule has 0 saturated heterocycles. The van der Waals surface area contributed by atoms with Crippen molar-refractivity contribution >= 4 is 45.3 Å². The van der Waals surface area contributed by atoms with Crippen LogP contribution in [0, 0.1) is 0 Å². The largest absolute Gasteiger partial charge is 0.435 e. The smallest absolute Gasteiger partial charge is 0.266 e. The minimum Gasteiger partial charge on any atom is -0.266 e. The highest BCUT2D eigenvalue weighted by molar-refractivity contribution is 7.12. The fourth-order valence-corrected chi connectivity index (χ4v) is 4.53. The van der Waals surface area contributed by atoms with Crippen LogP contribution in [-0.4, -0.2) is 26.4 Å². The molecule has 0 radical (unpaired) electrons. The van der Waals surface area contributed by atoms with Crippen molar-refractivity contribution in [3.8, 4) is 16.4 Å². The lowest BCUT2D eigenvalue weighted by molar-refractivity contribution is -0.141. The van der Waals surface area contributed by atoms with Gasteiger partial charge < -0.3 is 0 Å². The second-order valence-electron chi connectivity index (χ2n) is 8.05. The average molecular weight is 540 g/mol. The molecular formula is C26H17ClF3N5OS. The predicted molar refractivity (Wildman–Crippen MR) is 138 cm³/mol. The van der Waals surface area contributed by atoms with Crippen LogP contribution in [0.5, 0.6) is 0 Å². The normalized spacial score (nSPS) is 12.2. The number of aromatic nitrogens is 3. The zero-order valence-electron chi connectivity index (χ0n) is 19.1. The van der Waals surface area contributed by atoms with Gasteiger partial charge in [0.05, 0.1) is 11.4 Å². The van der Waals surface area contributed by atoms with Crippen LogP contribution in [0.4, 0.5) is 13.2 Å². The van der Waals surface area contributed by atoms with E-state index in [2.05, 4.69) is 20.6 Å². The number of halogens is 4. The molecule has 37 heavy (non-hydrogen) atoms. The molecule has 5 aromatic rings. The Labute approximate surface area is 218 Å². The first-order valence-corrected chi connectivity index (χ1v) is 12.2. The molecule has 0 aliphatic heterocycles. The van der Waals surface area contributed by atoms with Crippen LogP contribution in [0.2, 0.25) is 5.02 Å². The SMILES string of the molecule is C/C(=N/NC(=O)c1csc(-n2nc(C(F)(F)F)cc2-c2ccc3ccccc3c2)n1)c1ccc(Cl)cc1. The third-order valence-corrected chi connectivity index (χ3v) is 6.61. The number of nitrogens with one attached hydrogen (secondary N) is 1.